The Kier molecular flexibility index (Phi) is 4.78. The van der Waals surface area contributed by atoms with Gasteiger partial charge in [0.1, 0.15) is 6.54 Å². The average Bonchev–Trinajstić information content (AvgIpc) is 3.05. The van der Waals surface area contributed by atoms with E-state index < -0.39 is 5.97 Å². The van der Waals surface area contributed by atoms with Crippen molar-refractivity contribution in [1.29, 1.82) is 0 Å². The number of carbonyl (C=O) groups is 2. The second-order valence-electron chi connectivity index (χ2n) is 4.83. The van der Waals surface area contributed by atoms with Gasteiger partial charge in [0.25, 0.3) is 0 Å². The molecule has 2 N–H and O–H groups in total. The number of urea groups is 1. The molecule has 0 aromatic rings. The van der Waals surface area contributed by atoms with E-state index in [-0.39, 0.29) is 18.0 Å². The third-order valence-corrected chi connectivity index (χ3v) is 3.43. The summed E-state index contributed by atoms with van der Waals surface area (Å²) in [6.07, 6.45) is 4.16. The molecule has 98 valence electrons. The molecule has 17 heavy (non-hydrogen) atoms. The first-order valence-electron chi connectivity index (χ1n) is 6.27. The molecule has 5 heteroatoms. The van der Waals surface area contributed by atoms with E-state index in [1.807, 2.05) is 6.92 Å². The van der Waals surface area contributed by atoms with Gasteiger partial charge < -0.3 is 15.3 Å². The molecule has 0 radical (unpaired) electrons. The molecular formula is C12H22N2O3. The van der Waals surface area contributed by atoms with E-state index in [4.69, 9.17) is 5.11 Å². The molecule has 1 rings (SSSR count). The summed E-state index contributed by atoms with van der Waals surface area (Å²) in [4.78, 5) is 23.8. The Morgan fingerprint density at radius 3 is 2.41 bits per heavy atom. The van der Waals surface area contributed by atoms with Crippen LogP contribution in [0.4, 0.5) is 4.79 Å². The van der Waals surface area contributed by atoms with Crippen molar-refractivity contribution in [3.63, 3.8) is 0 Å². The number of nitrogens with one attached hydrogen (secondary N) is 1. The van der Waals surface area contributed by atoms with Crippen LogP contribution in [0.25, 0.3) is 0 Å². The van der Waals surface area contributed by atoms with Gasteiger partial charge in [-0.15, -0.1) is 0 Å². The Morgan fingerprint density at radius 2 is 2.00 bits per heavy atom. The van der Waals surface area contributed by atoms with Crippen LogP contribution in [0.5, 0.6) is 0 Å². The molecule has 0 heterocycles. The van der Waals surface area contributed by atoms with Crippen molar-refractivity contribution in [2.75, 3.05) is 19.6 Å². The lowest BCUT2D eigenvalue weighted by Gasteiger charge is -2.22. The zero-order chi connectivity index (χ0) is 12.9. The molecule has 0 spiro atoms. The third kappa shape index (κ3) is 4.24. The molecule has 0 saturated heterocycles. The molecule has 0 atom stereocenters. The zero-order valence-electron chi connectivity index (χ0n) is 10.7. The van der Waals surface area contributed by atoms with Gasteiger partial charge in [0.2, 0.25) is 0 Å². The smallest absolute Gasteiger partial charge is 0.323 e. The van der Waals surface area contributed by atoms with Crippen LogP contribution in [0, 0.1) is 5.41 Å². The standard InChI is InChI=1S/C12H22N2O3/c1-3-7-14(8-10(15)16)11(17)13-9-12(4-2)5-6-12/h3-9H2,1-2H3,(H,13,17)(H,15,16). The minimum absolute atomic E-state index is 0.223. The van der Waals surface area contributed by atoms with Crippen molar-refractivity contribution >= 4 is 12.0 Å². The molecule has 0 aromatic carbocycles. The largest absolute Gasteiger partial charge is 0.480 e. The molecule has 2 amide bonds. The van der Waals surface area contributed by atoms with E-state index in [0.717, 1.165) is 25.7 Å². The fraction of sp³-hybridized carbons (Fsp3) is 0.833. The minimum atomic E-state index is -0.967. The number of nitrogens with zero attached hydrogens (tertiary/aromatic N) is 1. The number of hydrogen-bond acceptors (Lipinski definition) is 2. The molecule has 0 aliphatic heterocycles. The molecule has 0 aromatic heterocycles. The first-order valence-corrected chi connectivity index (χ1v) is 6.27. The summed E-state index contributed by atoms with van der Waals surface area (Å²) in [5.74, 6) is -0.967. The predicted octanol–water partition coefficient (Wildman–Crippen LogP) is 1.68. The molecular weight excluding hydrogens is 220 g/mol. The van der Waals surface area contributed by atoms with Crippen LogP contribution >= 0.6 is 0 Å². The maximum Gasteiger partial charge on any atom is 0.323 e. The van der Waals surface area contributed by atoms with Crippen molar-refractivity contribution in [1.82, 2.24) is 10.2 Å². The summed E-state index contributed by atoms with van der Waals surface area (Å²) >= 11 is 0. The molecule has 1 saturated carbocycles. The second-order valence-corrected chi connectivity index (χ2v) is 4.83. The van der Waals surface area contributed by atoms with Gasteiger partial charge >= 0.3 is 12.0 Å². The number of carboxylic acids is 1. The van der Waals surface area contributed by atoms with Crippen LogP contribution in [-0.4, -0.2) is 41.6 Å². The monoisotopic (exact) mass is 242 g/mol. The van der Waals surface area contributed by atoms with Crippen molar-refractivity contribution in [3.05, 3.63) is 0 Å². The maximum absolute atomic E-state index is 11.8. The lowest BCUT2D eigenvalue weighted by molar-refractivity contribution is -0.137. The Morgan fingerprint density at radius 1 is 1.35 bits per heavy atom. The Hall–Kier alpha value is -1.26. The lowest BCUT2D eigenvalue weighted by Crippen LogP contribution is -2.44. The summed E-state index contributed by atoms with van der Waals surface area (Å²) in [5.41, 5.74) is 0.288. The van der Waals surface area contributed by atoms with Crippen molar-refractivity contribution in [2.45, 2.75) is 39.5 Å². The minimum Gasteiger partial charge on any atom is -0.480 e. The van der Waals surface area contributed by atoms with Crippen molar-refractivity contribution in [2.24, 2.45) is 5.41 Å². The van der Waals surface area contributed by atoms with E-state index in [0.29, 0.717) is 13.1 Å². The first kappa shape index (κ1) is 13.8. The highest BCUT2D eigenvalue weighted by Gasteiger charge is 2.40. The highest BCUT2D eigenvalue weighted by atomic mass is 16.4. The number of aliphatic carboxylic acids is 1. The van der Waals surface area contributed by atoms with Crippen LogP contribution < -0.4 is 5.32 Å². The number of rotatable bonds is 7. The SMILES string of the molecule is CCCN(CC(=O)O)C(=O)NCC1(CC)CC1. The van der Waals surface area contributed by atoms with Gasteiger partial charge in [-0.3, -0.25) is 4.79 Å². The molecule has 1 fully saturated rings. The predicted molar refractivity (Wildman–Crippen MR) is 64.9 cm³/mol. The summed E-state index contributed by atoms with van der Waals surface area (Å²) in [5, 5.41) is 11.6. The molecule has 5 nitrogen and oxygen atoms in total. The number of amides is 2. The quantitative estimate of drug-likeness (QED) is 0.713. The summed E-state index contributed by atoms with van der Waals surface area (Å²) < 4.78 is 0. The van der Waals surface area contributed by atoms with Gasteiger partial charge in [0.05, 0.1) is 0 Å². The normalized spacial score (nSPS) is 16.4. The van der Waals surface area contributed by atoms with Crippen LogP contribution in [0.2, 0.25) is 0 Å². The van der Waals surface area contributed by atoms with Gasteiger partial charge in [0.15, 0.2) is 0 Å². The van der Waals surface area contributed by atoms with E-state index in [1.54, 1.807) is 0 Å². The van der Waals surface area contributed by atoms with Crippen LogP contribution in [0.3, 0.4) is 0 Å². The number of hydrogen-bond donors (Lipinski definition) is 2. The Labute approximate surface area is 102 Å². The van der Waals surface area contributed by atoms with Gasteiger partial charge in [-0.25, -0.2) is 4.79 Å². The topological polar surface area (TPSA) is 69.6 Å². The van der Waals surface area contributed by atoms with Crippen molar-refractivity contribution in [3.8, 4) is 0 Å². The van der Waals surface area contributed by atoms with Crippen LogP contribution in [0.15, 0.2) is 0 Å². The van der Waals surface area contributed by atoms with Crippen molar-refractivity contribution < 1.29 is 14.7 Å². The van der Waals surface area contributed by atoms with E-state index in [1.165, 1.54) is 4.90 Å². The Bertz CT molecular complexity index is 287. The Balaban J connectivity index is 2.39. The van der Waals surface area contributed by atoms with E-state index >= 15 is 0 Å². The second kappa shape index (κ2) is 5.89. The molecule has 0 unspecified atom stereocenters. The van der Waals surface area contributed by atoms with Crippen LogP contribution in [0.1, 0.15) is 39.5 Å². The molecule has 1 aliphatic rings. The van der Waals surface area contributed by atoms with Gasteiger partial charge in [0, 0.05) is 13.1 Å². The summed E-state index contributed by atoms with van der Waals surface area (Å²) in [7, 11) is 0. The average molecular weight is 242 g/mol. The number of carbonyl (C=O) groups excluding carboxylic acids is 1. The van der Waals surface area contributed by atoms with E-state index in [2.05, 4.69) is 12.2 Å². The highest BCUT2D eigenvalue weighted by Crippen LogP contribution is 2.47. The molecule has 1 aliphatic carbocycles. The molecule has 0 bridgehead atoms. The summed E-state index contributed by atoms with van der Waals surface area (Å²) in [6.45, 7) is 4.98. The van der Waals surface area contributed by atoms with Gasteiger partial charge in [-0.1, -0.05) is 13.8 Å². The van der Waals surface area contributed by atoms with Crippen LogP contribution in [-0.2, 0) is 4.79 Å². The first-order chi connectivity index (χ1) is 8.03. The number of carboxylic acid groups (broad SMARTS) is 1. The fourth-order valence-corrected chi connectivity index (χ4v) is 1.89. The third-order valence-electron chi connectivity index (χ3n) is 3.43. The fourth-order valence-electron chi connectivity index (χ4n) is 1.89. The summed E-state index contributed by atoms with van der Waals surface area (Å²) in [6, 6.07) is -0.256. The lowest BCUT2D eigenvalue weighted by atomic mass is 10.0. The van der Waals surface area contributed by atoms with E-state index in [9.17, 15) is 9.59 Å². The highest BCUT2D eigenvalue weighted by molar-refractivity contribution is 5.80. The zero-order valence-corrected chi connectivity index (χ0v) is 10.7. The van der Waals surface area contributed by atoms with Gasteiger partial charge in [-0.05, 0) is 31.1 Å². The maximum atomic E-state index is 11.8. The van der Waals surface area contributed by atoms with Gasteiger partial charge in [-0.2, -0.15) is 0 Å².